The molecule has 0 bridgehead atoms. The number of hydrogen-bond donors (Lipinski definition) is 1. The maximum absolute atomic E-state index is 12.9. The molecule has 0 aliphatic carbocycles. The summed E-state index contributed by atoms with van der Waals surface area (Å²) in [7, 11) is 1.77. The van der Waals surface area contributed by atoms with Gasteiger partial charge in [-0.15, -0.1) is 0 Å². The Hall–Kier alpha value is -3.61. The summed E-state index contributed by atoms with van der Waals surface area (Å²) in [5.41, 5.74) is 1.19. The lowest BCUT2D eigenvalue weighted by molar-refractivity contribution is 0.0526. The number of nitrogens with zero attached hydrogens (tertiary/aromatic N) is 1. The summed E-state index contributed by atoms with van der Waals surface area (Å²) >= 11 is 0. The van der Waals surface area contributed by atoms with Crippen LogP contribution in [-0.4, -0.2) is 29.7 Å². The molecule has 0 spiro atoms. The Balaban J connectivity index is 1.90. The topological polar surface area (TPSA) is 86.6 Å². The monoisotopic (exact) mass is 394 g/mol. The fraction of sp³-hybridized carbons (Fsp3) is 0.227. The molecular weight excluding hydrogens is 372 g/mol. The second-order valence-electron chi connectivity index (χ2n) is 6.35. The van der Waals surface area contributed by atoms with Crippen LogP contribution in [0.5, 0.6) is 5.75 Å². The van der Waals surface area contributed by atoms with Crippen LogP contribution in [0.3, 0.4) is 0 Å². The number of aromatic nitrogens is 1. The predicted octanol–water partition coefficient (Wildman–Crippen LogP) is 3.37. The van der Waals surface area contributed by atoms with Crippen LogP contribution in [0.25, 0.3) is 10.9 Å². The molecular formula is C22H22N2O5. The molecule has 0 aliphatic rings. The van der Waals surface area contributed by atoms with E-state index < -0.39 is 11.9 Å². The maximum atomic E-state index is 12.9. The van der Waals surface area contributed by atoms with Crippen LogP contribution in [0, 0.1) is 0 Å². The van der Waals surface area contributed by atoms with Crippen molar-refractivity contribution in [3.63, 3.8) is 0 Å². The first-order chi connectivity index (χ1) is 13.9. The Kier molecular flexibility index (Phi) is 5.97. The van der Waals surface area contributed by atoms with Gasteiger partial charge in [-0.05, 0) is 56.3 Å². The van der Waals surface area contributed by atoms with Gasteiger partial charge in [-0.1, -0.05) is 0 Å². The highest BCUT2D eigenvalue weighted by Gasteiger charge is 2.16. The van der Waals surface area contributed by atoms with Crippen molar-refractivity contribution in [2.24, 2.45) is 7.05 Å². The highest BCUT2D eigenvalue weighted by atomic mass is 16.5. The van der Waals surface area contributed by atoms with Crippen LogP contribution in [0.2, 0.25) is 0 Å². The lowest BCUT2D eigenvalue weighted by Gasteiger charge is -2.11. The third kappa shape index (κ3) is 4.29. The molecule has 7 heteroatoms. The summed E-state index contributed by atoms with van der Waals surface area (Å²) < 4.78 is 12.1. The number of carbonyl (C=O) groups excluding carboxylic acids is 2. The van der Waals surface area contributed by atoms with Crippen LogP contribution < -0.4 is 15.5 Å². The molecule has 1 heterocycles. The fourth-order valence-corrected chi connectivity index (χ4v) is 2.99. The van der Waals surface area contributed by atoms with Crippen molar-refractivity contribution in [2.75, 3.05) is 18.5 Å². The van der Waals surface area contributed by atoms with Gasteiger partial charge in [0.25, 0.3) is 5.91 Å². The van der Waals surface area contributed by atoms with E-state index in [1.165, 1.54) is 6.20 Å². The highest BCUT2D eigenvalue weighted by Crippen LogP contribution is 2.19. The Morgan fingerprint density at radius 2 is 1.76 bits per heavy atom. The molecule has 2 aromatic carbocycles. The largest absolute Gasteiger partial charge is 0.494 e. The number of hydrogen-bond acceptors (Lipinski definition) is 5. The maximum Gasteiger partial charge on any atom is 0.338 e. The quantitative estimate of drug-likeness (QED) is 0.648. The zero-order valence-electron chi connectivity index (χ0n) is 16.5. The Morgan fingerprint density at radius 1 is 1.03 bits per heavy atom. The number of pyridine rings is 1. The molecule has 1 amide bonds. The molecule has 3 rings (SSSR count). The van der Waals surface area contributed by atoms with E-state index >= 15 is 0 Å². The first-order valence-corrected chi connectivity index (χ1v) is 9.29. The van der Waals surface area contributed by atoms with Crippen LogP contribution in [-0.2, 0) is 11.8 Å². The number of rotatable bonds is 6. The van der Waals surface area contributed by atoms with Gasteiger partial charge in [0.2, 0.25) is 5.43 Å². The van der Waals surface area contributed by atoms with Gasteiger partial charge in [-0.2, -0.15) is 0 Å². The molecule has 29 heavy (non-hydrogen) atoms. The van der Waals surface area contributed by atoms with E-state index in [0.29, 0.717) is 34.5 Å². The molecule has 0 aliphatic heterocycles. The summed E-state index contributed by atoms with van der Waals surface area (Å²) in [4.78, 5) is 37.3. The molecule has 0 radical (unpaired) electrons. The number of esters is 1. The Morgan fingerprint density at radius 3 is 2.41 bits per heavy atom. The fourth-order valence-electron chi connectivity index (χ4n) is 2.99. The summed E-state index contributed by atoms with van der Waals surface area (Å²) in [6.45, 7) is 4.36. The smallest absolute Gasteiger partial charge is 0.338 e. The predicted molar refractivity (Wildman–Crippen MR) is 111 cm³/mol. The Labute approximate surface area is 167 Å². The van der Waals surface area contributed by atoms with Gasteiger partial charge < -0.3 is 19.4 Å². The van der Waals surface area contributed by atoms with Crippen LogP contribution in [0.4, 0.5) is 5.69 Å². The van der Waals surface area contributed by atoms with Gasteiger partial charge in [-0.3, -0.25) is 9.59 Å². The zero-order valence-corrected chi connectivity index (χ0v) is 16.5. The number of anilines is 1. The summed E-state index contributed by atoms with van der Waals surface area (Å²) in [5, 5.41) is 3.10. The van der Waals surface area contributed by atoms with E-state index in [9.17, 15) is 14.4 Å². The number of benzene rings is 2. The van der Waals surface area contributed by atoms with Gasteiger partial charge in [0.15, 0.2) is 0 Å². The zero-order chi connectivity index (χ0) is 21.0. The summed E-state index contributed by atoms with van der Waals surface area (Å²) in [6.07, 6.45) is 1.51. The molecule has 3 aromatic rings. The van der Waals surface area contributed by atoms with Crippen molar-refractivity contribution < 1.29 is 19.1 Å². The van der Waals surface area contributed by atoms with E-state index in [1.54, 1.807) is 61.0 Å². The van der Waals surface area contributed by atoms with E-state index in [-0.39, 0.29) is 17.6 Å². The molecule has 0 saturated heterocycles. The van der Waals surface area contributed by atoms with Gasteiger partial charge in [-0.25, -0.2) is 4.79 Å². The molecule has 0 saturated carbocycles. The van der Waals surface area contributed by atoms with Crippen molar-refractivity contribution in [1.29, 1.82) is 0 Å². The van der Waals surface area contributed by atoms with Gasteiger partial charge >= 0.3 is 5.97 Å². The van der Waals surface area contributed by atoms with E-state index in [1.807, 2.05) is 6.92 Å². The normalized spacial score (nSPS) is 10.6. The van der Waals surface area contributed by atoms with Crippen molar-refractivity contribution in [1.82, 2.24) is 4.57 Å². The average molecular weight is 394 g/mol. The molecule has 150 valence electrons. The minimum Gasteiger partial charge on any atom is -0.494 e. The molecule has 0 atom stereocenters. The SMILES string of the molecule is CCOC(=O)c1ccc(NC(=O)c2cn(C)c3ccc(OCC)cc3c2=O)cc1. The van der Waals surface area contributed by atoms with Crippen molar-refractivity contribution in [3.05, 3.63) is 70.0 Å². The number of nitrogens with one attached hydrogen (secondary N) is 1. The Bertz CT molecular complexity index is 1120. The number of fused-ring (bicyclic) bond motifs is 1. The van der Waals surface area contributed by atoms with Crippen molar-refractivity contribution in [2.45, 2.75) is 13.8 Å². The number of ether oxygens (including phenoxy) is 2. The number of carbonyl (C=O) groups is 2. The third-order valence-corrected chi connectivity index (χ3v) is 4.37. The standard InChI is InChI=1S/C22H22N2O5/c1-4-28-16-10-11-19-17(12-16)20(25)18(13-24(19)3)21(26)23-15-8-6-14(7-9-15)22(27)29-5-2/h6-13H,4-5H2,1-3H3,(H,23,26). The van der Waals surface area contributed by atoms with Gasteiger partial charge in [0, 0.05) is 18.9 Å². The number of aryl methyl sites for hydroxylation is 1. The van der Waals surface area contributed by atoms with E-state index in [0.717, 1.165) is 0 Å². The molecule has 7 nitrogen and oxygen atoms in total. The van der Waals surface area contributed by atoms with Gasteiger partial charge in [0.1, 0.15) is 11.3 Å². The first-order valence-electron chi connectivity index (χ1n) is 9.29. The lowest BCUT2D eigenvalue weighted by atomic mass is 10.1. The lowest BCUT2D eigenvalue weighted by Crippen LogP contribution is -2.23. The molecule has 0 fully saturated rings. The second-order valence-corrected chi connectivity index (χ2v) is 6.35. The number of amides is 1. The van der Waals surface area contributed by atoms with Crippen LogP contribution >= 0.6 is 0 Å². The molecule has 0 unspecified atom stereocenters. The first kappa shape index (κ1) is 20.1. The van der Waals surface area contributed by atoms with Crippen LogP contribution in [0.15, 0.2) is 53.5 Å². The minimum atomic E-state index is -0.529. The van der Waals surface area contributed by atoms with Crippen molar-refractivity contribution in [3.8, 4) is 5.75 Å². The van der Waals surface area contributed by atoms with Gasteiger partial charge in [0.05, 0.1) is 29.7 Å². The average Bonchev–Trinajstić information content (AvgIpc) is 2.71. The molecule has 1 aromatic heterocycles. The second kappa shape index (κ2) is 8.60. The van der Waals surface area contributed by atoms with E-state index in [2.05, 4.69) is 5.32 Å². The highest BCUT2D eigenvalue weighted by molar-refractivity contribution is 6.06. The molecule has 1 N–H and O–H groups in total. The summed E-state index contributed by atoms with van der Waals surface area (Å²) in [6, 6.07) is 11.5. The summed E-state index contributed by atoms with van der Waals surface area (Å²) in [5.74, 6) is -0.388. The van der Waals surface area contributed by atoms with Crippen molar-refractivity contribution >= 4 is 28.5 Å². The van der Waals surface area contributed by atoms with Crippen LogP contribution in [0.1, 0.15) is 34.6 Å². The minimum absolute atomic E-state index is 0.0168. The third-order valence-electron chi connectivity index (χ3n) is 4.37. The van der Waals surface area contributed by atoms with E-state index in [4.69, 9.17) is 9.47 Å².